The first-order chi connectivity index (χ1) is 18.5. The van der Waals surface area contributed by atoms with Crippen molar-refractivity contribution in [3.8, 4) is 0 Å². The van der Waals surface area contributed by atoms with Gasteiger partial charge >= 0.3 is 0 Å². The summed E-state index contributed by atoms with van der Waals surface area (Å²) in [6.45, 7) is 0. The molecule has 0 heterocycles. The lowest BCUT2D eigenvalue weighted by Crippen LogP contribution is -2.42. The van der Waals surface area contributed by atoms with Crippen molar-refractivity contribution in [1.29, 1.82) is 0 Å². The Morgan fingerprint density at radius 1 is 0.447 bits per heavy atom. The van der Waals surface area contributed by atoms with Crippen molar-refractivity contribution in [2.75, 3.05) is 0 Å². The molecule has 0 unspecified atom stereocenters. The highest BCUT2D eigenvalue weighted by Crippen LogP contribution is 2.19. The minimum Gasteiger partial charge on any atom is -0.273 e. The molecule has 4 aromatic carbocycles. The summed E-state index contributed by atoms with van der Waals surface area (Å²) < 4.78 is 0. The highest BCUT2D eigenvalue weighted by molar-refractivity contribution is 5.92. The largest absolute Gasteiger partial charge is 0.273 e. The first-order valence-corrected chi connectivity index (χ1v) is 12.6. The minimum atomic E-state index is -0.333. The lowest BCUT2D eigenvalue weighted by Gasteiger charge is -2.10. The fraction of sp³-hybridized carbons (Fsp3) is 0.200. The third-order valence-corrected chi connectivity index (χ3v) is 6.20. The van der Waals surface area contributed by atoms with E-state index in [0.29, 0.717) is 12.8 Å². The maximum atomic E-state index is 12.3. The smallest absolute Gasteiger partial charge is 0.242 e. The summed E-state index contributed by atoms with van der Waals surface area (Å²) in [5, 5.41) is 4.10. The average Bonchev–Trinajstić information content (AvgIpc) is 2.93. The molecule has 8 nitrogen and oxygen atoms in total. The van der Waals surface area contributed by atoms with Gasteiger partial charge in [0.15, 0.2) is 0 Å². The number of nitrogens with one attached hydrogen (secondary N) is 4. The van der Waals surface area contributed by atoms with Crippen molar-refractivity contribution < 1.29 is 19.2 Å². The van der Waals surface area contributed by atoms with E-state index in [-0.39, 0.29) is 49.3 Å². The maximum Gasteiger partial charge on any atom is 0.242 e. The van der Waals surface area contributed by atoms with Crippen molar-refractivity contribution in [1.82, 2.24) is 21.7 Å². The summed E-state index contributed by atoms with van der Waals surface area (Å²) in [5.41, 5.74) is 11.5. The fourth-order valence-corrected chi connectivity index (χ4v) is 4.30. The molecule has 8 heteroatoms. The number of rotatable bonds is 9. The Hall–Kier alpha value is -4.72. The summed E-state index contributed by atoms with van der Waals surface area (Å²) in [4.78, 5) is 48.7. The van der Waals surface area contributed by atoms with Gasteiger partial charge in [-0.1, -0.05) is 84.9 Å². The van der Waals surface area contributed by atoms with Crippen LogP contribution in [-0.2, 0) is 32.0 Å². The van der Waals surface area contributed by atoms with Crippen molar-refractivity contribution in [3.63, 3.8) is 0 Å². The Balaban J connectivity index is 1.09. The zero-order valence-electron chi connectivity index (χ0n) is 21.0. The van der Waals surface area contributed by atoms with Crippen LogP contribution in [0.25, 0.3) is 21.5 Å². The van der Waals surface area contributed by atoms with Gasteiger partial charge in [-0.15, -0.1) is 0 Å². The van der Waals surface area contributed by atoms with Gasteiger partial charge < -0.3 is 0 Å². The zero-order chi connectivity index (χ0) is 26.7. The third kappa shape index (κ3) is 7.39. The summed E-state index contributed by atoms with van der Waals surface area (Å²) in [5.74, 6) is -1.29. The van der Waals surface area contributed by atoms with Crippen LogP contribution in [0.4, 0.5) is 0 Å². The normalized spacial score (nSPS) is 10.6. The molecule has 38 heavy (non-hydrogen) atoms. The van der Waals surface area contributed by atoms with Crippen LogP contribution in [0.3, 0.4) is 0 Å². The molecule has 0 bridgehead atoms. The predicted molar refractivity (Wildman–Crippen MR) is 146 cm³/mol. The monoisotopic (exact) mass is 510 g/mol. The molecule has 4 N–H and O–H groups in total. The molecule has 0 aromatic heterocycles. The second kappa shape index (κ2) is 13.0. The molecule has 0 aliphatic rings. The third-order valence-electron chi connectivity index (χ3n) is 6.20. The van der Waals surface area contributed by atoms with E-state index in [0.717, 1.165) is 32.7 Å². The average molecular weight is 511 g/mol. The standard InChI is InChI=1S/C30H30N4O4/c35-27(31-33-29(37)19-23-13-7-11-21-9-1-3-15-25(21)23)17-5-6-18-28(36)32-34-30(38)20-24-14-8-12-22-10-2-4-16-26(22)24/h1-4,7-16H,5-6,17-20H2,(H,31,35)(H,32,36)(H,33,37)(H,34,38). The molecule has 0 aliphatic heterocycles. The molecule has 0 saturated heterocycles. The van der Waals surface area contributed by atoms with E-state index in [4.69, 9.17) is 0 Å². The number of fused-ring (bicyclic) bond motifs is 2. The van der Waals surface area contributed by atoms with Gasteiger partial charge in [0, 0.05) is 12.8 Å². The lowest BCUT2D eigenvalue weighted by atomic mass is 10.0. The number of benzene rings is 4. The number of unbranched alkanes of at least 4 members (excludes halogenated alkanes) is 1. The molecule has 0 radical (unpaired) electrons. The molecule has 0 aliphatic carbocycles. The van der Waals surface area contributed by atoms with Gasteiger partial charge in [0.2, 0.25) is 23.6 Å². The van der Waals surface area contributed by atoms with Gasteiger partial charge in [0.25, 0.3) is 0 Å². The molecular formula is C30H30N4O4. The van der Waals surface area contributed by atoms with Gasteiger partial charge in [-0.05, 0) is 45.5 Å². The quantitative estimate of drug-likeness (QED) is 0.203. The van der Waals surface area contributed by atoms with Gasteiger partial charge in [-0.3, -0.25) is 40.9 Å². The SMILES string of the molecule is O=C(CCCCC(=O)NNC(=O)Cc1cccc2ccccc12)NNC(=O)Cc1cccc2ccccc12. The molecule has 0 atom stereocenters. The first-order valence-electron chi connectivity index (χ1n) is 12.6. The first kappa shape index (κ1) is 26.3. The van der Waals surface area contributed by atoms with E-state index in [1.807, 2.05) is 84.9 Å². The Morgan fingerprint density at radius 2 is 0.816 bits per heavy atom. The summed E-state index contributed by atoms with van der Waals surface area (Å²) in [7, 11) is 0. The number of hydrazine groups is 2. The number of carbonyl (C=O) groups is 4. The van der Waals surface area contributed by atoms with Crippen LogP contribution < -0.4 is 21.7 Å². The van der Waals surface area contributed by atoms with E-state index in [1.54, 1.807) is 0 Å². The highest BCUT2D eigenvalue weighted by Gasteiger charge is 2.10. The van der Waals surface area contributed by atoms with Gasteiger partial charge in [0.1, 0.15) is 0 Å². The van der Waals surface area contributed by atoms with E-state index < -0.39 is 0 Å². The lowest BCUT2D eigenvalue weighted by molar-refractivity contribution is -0.129. The van der Waals surface area contributed by atoms with Gasteiger partial charge in [0.05, 0.1) is 12.8 Å². The molecule has 0 saturated carbocycles. The molecular weight excluding hydrogens is 480 g/mol. The summed E-state index contributed by atoms with van der Waals surface area (Å²) >= 11 is 0. The van der Waals surface area contributed by atoms with Gasteiger partial charge in [-0.2, -0.15) is 0 Å². The Morgan fingerprint density at radius 3 is 1.26 bits per heavy atom. The highest BCUT2D eigenvalue weighted by atomic mass is 16.2. The van der Waals surface area contributed by atoms with Crippen molar-refractivity contribution in [3.05, 3.63) is 96.1 Å². The number of amides is 4. The van der Waals surface area contributed by atoms with Crippen LogP contribution in [0.15, 0.2) is 84.9 Å². The van der Waals surface area contributed by atoms with Gasteiger partial charge in [-0.25, -0.2) is 0 Å². The molecule has 0 fully saturated rings. The van der Waals surface area contributed by atoms with Crippen LogP contribution in [0, 0.1) is 0 Å². The Bertz CT molecular complexity index is 1350. The molecule has 194 valence electrons. The van der Waals surface area contributed by atoms with Crippen LogP contribution in [0.1, 0.15) is 36.8 Å². The van der Waals surface area contributed by atoms with Crippen molar-refractivity contribution >= 4 is 45.2 Å². The van der Waals surface area contributed by atoms with Crippen LogP contribution in [-0.4, -0.2) is 23.6 Å². The fourth-order valence-electron chi connectivity index (χ4n) is 4.30. The number of hydrogen-bond donors (Lipinski definition) is 4. The Kier molecular flexibility index (Phi) is 9.02. The Labute approximate surface area is 220 Å². The van der Waals surface area contributed by atoms with Crippen molar-refractivity contribution in [2.24, 2.45) is 0 Å². The van der Waals surface area contributed by atoms with E-state index in [9.17, 15) is 19.2 Å². The number of hydrogen-bond acceptors (Lipinski definition) is 4. The zero-order valence-corrected chi connectivity index (χ0v) is 21.0. The van der Waals surface area contributed by atoms with E-state index >= 15 is 0 Å². The minimum absolute atomic E-state index is 0.147. The van der Waals surface area contributed by atoms with Crippen LogP contribution in [0.2, 0.25) is 0 Å². The maximum absolute atomic E-state index is 12.3. The summed E-state index contributed by atoms with van der Waals surface area (Å²) in [6, 6.07) is 27.2. The molecule has 4 amide bonds. The predicted octanol–water partition coefficient (Wildman–Crippen LogP) is 3.63. The van der Waals surface area contributed by atoms with E-state index in [1.165, 1.54) is 0 Å². The van der Waals surface area contributed by atoms with Crippen LogP contribution >= 0.6 is 0 Å². The molecule has 0 spiro atoms. The summed E-state index contributed by atoms with van der Waals surface area (Å²) in [6.07, 6.45) is 1.54. The molecule has 4 aromatic rings. The van der Waals surface area contributed by atoms with Crippen LogP contribution in [0.5, 0.6) is 0 Å². The van der Waals surface area contributed by atoms with Crippen molar-refractivity contribution in [2.45, 2.75) is 38.5 Å². The van der Waals surface area contributed by atoms with E-state index in [2.05, 4.69) is 21.7 Å². The molecule has 4 rings (SSSR count). The second-order valence-corrected chi connectivity index (χ2v) is 9.03. The number of carbonyl (C=O) groups excluding carboxylic acids is 4. The second-order valence-electron chi connectivity index (χ2n) is 9.03. The topological polar surface area (TPSA) is 116 Å².